The molecule has 128 valence electrons. The van der Waals surface area contributed by atoms with Crippen LogP contribution in [-0.4, -0.2) is 39.1 Å². The van der Waals surface area contributed by atoms with Gasteiger partial charge in [-0.25, -0.2) is 4.79 Å². The number of carbonyl (C=O) groups excluding carboxylic acids is 1. The zero-order valence-corrected chi connectivity index (χ0v) is 13.6. The molecule has 1 aromatic carbocycles. The topological polar surface area (TPSA) is 111 Å². The smallest absolute Gasteiger partial charge is 0.407 e. The predicted octanol–water partition coefficient (Wildman–Crippen LogP) is 1.95. The molecule has 5 N–H and O–H groups in total. The minimum Gasteiger partial charge on any atom is -0.504 e. The lowest BCUT2D eigenvalue weighted by atomic mass is 9.86. The summed E-state index contributed by atoms with van der Waals surface area (Å²) in [5.41, 5.74) is -0.00647. The van der Waals surface area contributed by atoms with Crippen molar-refractivity contribution in [2.45, 2.75) is 57.8 Å². The summed E-state index contributed by atoms with van der Waals surface area (Å²) in [5, 5.41) is 34.5. The van der Waals surface area contributed by atoms with Crippen LogP contribution in [0.25, 0.3) is 0 Å². The fourth-order valence-electron chi connectivity index (χ4n) is 2.38. The Kier molecular flexibility index (Phi) is 4.89. The van der Waals surface area contributed by atoms with Crippen molar-refractivity contribution in [3.05, 3.63) is 17.7 Å². The minimum atomic E-state index is -0.512. The summed E-state index contributed by atoms with van der Waals surface area (Å²) in [7, 11) is 0. The number of carbonyl (C=O) groups is 1. The van der Waals surface area contributed by atoms with Gasteiger partial charge in [-0.2, -0.15) is 0 Å². The van der Waals surface area contributed by atoms with Gasteiger partial charge < -0.3 is 30.7 Å². The molecule has 0 aliphatic heterocycles. The molecule has 1 aliphatic rings. The maximum absolute atomic E-state index is 11.6. The molecule has 1 amide bonds. The molecule has 1 saturated carbocycles. The van der Waals surface area contributed by atoms with Crippen LogP contribution in [0.4, 0.5) is 4.79 Å². The molecule has 0 bridgehead atoms. The number of alkyl carbamates (subject to hydrolysis) is 1. The second-order valence-corrected chi connectivity index (χ2v) is 6.83. The van der Waals surface area contributed by atoms with Crippen molar-refractivity contribution in [1.82, 2.24) is 10.6 Å². The van der Waals surface area contributed by atoms with Crippen LogP contribution in [0.15, 0.2) is 12.1 Å². The second-order valence-electron chi connectivity index (χ2n) is 6.83. The van der Waals surface area contributed by atoms with E-state index in [2.05, 4.69) is 10.6 Å². The quantitative estimate of drug-likeness (QED) is 0.541. The molecule has 1 fully saturated rings. The van der Waals surface area contributed by atoms with Gasteiger partial charge in [-0.3, -0.25) is 0 Å². The normalized spacial score (nSPS) is 20.7. The van der Waals surface area contributed by atoms with Gasteiger partial charge in [0.15, 0.2) is 11.5 Å². The monoisotopic (exact) mass is 324 g/mol. The summed E-state index contributed by atoms with van der Waals surface area (Å²) in [5.74, 6) is -1.18. The highest BCUT2D eigenvalue weighted by molar-refractivity contribution is 5.68. The van der Waals surface area contributed by atoms with E-state index in [-0.39, 0.29) is 23.6 Å². The van der Waals surface area contributed by atoms with Gasteiger partial charge in [0.05, 0.1) is 0 Å². The largest absolute Gasteiger partial charge is 0.504 e. The number of ether oxygens (including phenoxy) is 1. The van der Waals surface area contributed by atoms with Gasteiger partial charge in [0.2, 0.25) is 5.75 Å². The Morgan fingerprint density at radius 2 is 1.83 bits per heavy atom. The number of nitrogens with one attached hydrogen (secondary N) is 2. The molecule has 0 unspecified atom stereocenters. The summed E-state index contributed by atoms with van der Waals surface area (Å²) in [6.45, 7) is 5.81. The fraction of sp³-hybridized carbons (Fsp3) is 0.562. The molecule has 7 heteroatoms. The number of benzene rings is 1. The highest BCUT2D eigenvalue weighted by atomic mass is 16.6. The summed E-state index contributed by atoms with van der Waals surface area (Å²) in [4.78, 5) is 11.6. The van der Waals surface area contributed by atoms with Gasteiger partial charge in [-0.1, -0.05) is 6.07 Å². The van der Waals surface area contributed by atoms with Crippen LogP contribution >= 0.6 is 0 Å². The van der Waals surface area contributed by atoms with Gasteiger partial charge in [-0.15, -0.1) is 0 Å². The van der Waals surface area contributed by atoms with Crippen LogP contribution in [-0.2, 0) is 11.3 Å². The van der Waals surface area contributed by atoms with E-state index in [1.165, 1.54) is 6.07 Å². The van der Waals surface area contributed by atoms with Crippen molar-refractivity contribution < 1.29 is 24.9 Å². The van der Waals surface area contributed by atoms with Crippen molar-refractivity contribution >= 4 is 6.09 Å². The number of phenolic OH excluding ortho intramolecular Hbond substituents is 3. The Labute approximate surface area is 135 Å². The molecule has 2 rings (SSSR count). The van der Waals surface area contributed by atoms with Gasteiger partial charge >= 0.3 is 6.09 Å². The first-order valence-electron chi connectivity index (χ1n) is 7.61. The Morgan fingerprint density at radius 3 is 2.43 bits per heavy atom. The molecule has 0 radical (unpaired) electrons. The first-order valence-corrected chi connectivity index (χ1v) is 7.61. The predicted molar refractivity (Wildman–Crippen MR) is 84.5 cm³/mol. The number of hydrogen-bond acceptors (Lipinski definition) is 6. The van der Waals surface area contributed by atoms with E-state index in [9.17, 15) is 20.1 Å². The van der Waals surface area contributed by atoms with Gasteiger partial charge in [-0.05, 0) is 39.7 Å². The van der Waals surface area contributed by atoms with Crippen molar-refractivity contribution in [2.75, 3.05) is 0 Å². The molecular weight excluding hydrogens is 300 g/mol. The number of amides is 1. The molecule has 0 heterocycles. The maximum Gasteiger partial charge on any atom is 0.407 e. The van der Waals surface area contributed by atoms with E-state index < -0.39 is 17.4 Å². The Hall–Kier alpha value is -2.15. The van der Waals surface area contributed by atoms with Crippen LogP contribution in [0.3, 0.4) is 0 Å². The van der Waals surface area contributed by atoms with Crippen LogP contribution in [0.2, 0.25) is 0 Å². The van der Waals surface area contributed by atoms with Gasteiger partial charge in [0.1, 0.15) is 5.60 Å². The third-order valence-electron chi connectivity index (χ3n) is 3.65. The van der Waals surface area contributed by atoms with E-state index in [1.54, 1.807) is 6.07 Å². The summed E-state index contributed by atoms with van der Waals surface area (Å²) in [6.07, 6.45) is 1.12. The third kappa shape index (κ3) is 4.66. The molecule has 0 saturated heterocycles. The summed E-state index contributed by atoms with van der Waals surface area (Å²) < 4.78 is 5.19. The zero-order chi connectivity index (χ0) is 17.2. The fourth-order valence-corrected chi connectivity index (χ4v) is 2.38. The second kappa shape index (κ2) is 6.54. The SMILES string of the molecule is CC(C)(C)OC(=O)NC1CC(NCc2ccc(O)c(O)c2O)C1. The van der Waals surface area contributed by atoms with E-state index in [0.717, 1.165) is 12.8 Å². The van der Waals surface area contributed by atoms with Crippen molar-refractivity contribution in [2.24, 2.45) is 0 Å². The highest BCUT2D eigenvalue weighted by Crippen LogP contribution is 2.37. The Morgan fingerprint density at radius 1 is 1.17 bits per heavy atom. The number of aromatic hydroxyl groups is 3. The van der Waals surface area contributed by atoms with E-state index in [4.69, 9.17) is 4.74 Å². The van der Waals surface area contributed by atoms with Crippen LogP contribution in [0.1, 0.15) is 39.2 Å². The first-order chi connectivity index (χ1) is 10.7. The van der Waals surface area contributed by atoms with E-state index >= 15 is 0 Å². The van der Waals surface area contributed by atoms with E-state index in [1.807, 2.05) is 20.8 Å². The lowest BCUT2D eigenvalue weighted by Crippen LogP contribution is -2.52. The number of hydrogen-bond donors (Lipinski definition) is 5. The Balaban J connectivity index is 1.73. The molecule has 0 spiro atoms. The molecule has 23 heavy (non-hydrogen) atoms. The highest BCUT2D eigenvalue weighted by Gasteiger charge is 2.31. The van der Waals surface area contributed by atoms with Crippen LogP contribution < -0.4 is 10.6 Å². The minimum absolute atomic E-state index is 0.0733. The van der Waals surface area contributed by atoms with Crippen molar-refractivity contribution in [1.29, 1.82) is 0 Å². The molecule has 0 aromatic heterocycles. The Bertz CT molecular complexity index is 577. The van der Waals surface area contributed by atoms with Crippen LogP contribution in [0.5, 0.6) is 17.2 Å². The van der Waals surface area contributed by atoms with Crippen molar-refractivity contribution in [3.8, 4) is 17.2 Å². The van der Waals surface area contributed by atoms with Gasteiger partial charge in [0, 0.05) is 24.2 Å². The van der Waals surface area contributed by atoms with Gasteiger partial charge in [0.25, 0.3) is 0 Å². The first kappa shape index (κ1) is 17.2. The maximum atomic E-state index is 11.6. The zero-order valence-electron chi connectivity index (χ0n) is 13.6. The van der Waals surface area contributed by atoms with Crippen molar-refractivity contribution in [3.63, 3.8) is 0 Å². The average Bonchev–Trinajstić information content (AvgIpc) is 2.38. The third-order valence-corrected chi connectivity index (χ3v) is 3.65. The number of phenols is 3. The number of rotatable bonds is 4. The average molecular weight is 324 g/mol. The molecule has 0 atom stereocenters. The molecular formula is C16H24N2O5. The molecule has 1 aliphatic carbocycles. The standard InChI is InChI=1S/C16H24N2O5/c1-16(2,3)23-15(22)18-11-6-10(7-11)17-8-9-4-5-12(19)14(21)13(9)20/h4-5,10-11,17,19-21H,6-8H2,1-3H3,(H,18,22). The van der Waals surface area contributed by atoms with Crippen LogP contribution in [0, 0.1) is 0 Å². The molecule has 7 nitrogen and oxygen atoms in total. The lowest BCUT2D eigenvalue weighted by Gasteiger charge is -2.36. The van der Waals surface area contributed by atoms with E-state index in [0.29, 0.717) is 12.1 Å². The summed E-state index contributed by atoms with van der Waals surface area (Å²) in [6, 6.07) is 3.17. The molecule has 1 aromatic rings. The summed E-state index contributed by atoms with van der Waals surface area (Å²) >= 11 is 0. The lowest BCUT2D eigenvalue weighted by molar-refractivity contribution is 0.0465.